The first-order valence-electron chi connectivity index (χ1n) is 7.92. The number of amides is 1. The van der Waals surface area contributed by atoms with Crippen LogP contribution in [0.4, 0.5) is 0 Å². The minimum Gasteiger partial charge on any atom is -0.271 e. The van der Waals surface area contributed by atoms with Gasteiger partial charge in [0.25, 0.3) is 5.91 Å². The molecule has 1 amide bonds. The Morgan fingerprint density at radius 1 is 1.12 bits per heavy atom. The second-order valence-electron chi connectivity index (χ2n) is 5.46. The van der Waals surface area contributed by atoms with Crippen LogP contribution in [0.2, 0.25) is 0 Å². The van der Waals surface area contributed by atoms with E-state index in [4.69, 9.17) is 0 Å². The molecule has 0 aliphatic carbocycles. The Balaban J connectivity index is 1.63. The standard InChI is InChI=1S/C18H19N5O/c1-2-15(12-14-8-4-3-5-9-14)19-21-18(24)13-23-17-11-7-6-10-16(17)20-22-23/h3-11H,2,12-13H2,1H3,(H,21,24)/b19-15-. The average Bonchev–Trinajstić information content (AvgIpc) is 3.02. The van der Waals surface area contributed by atoms with Crippen molar-refractivity contribution in [1.82, 2.24) is 20.4 Å². The van der Waals surface area contributed by atoms with Crippen LogP contribution in [-0.2, 0) is 17.8 Å². The fourth-order valence-electron chi connectivity index (χ4n) is 2.42. The van der Waals surface area contributed by atoms with Crippen molar-refractivity contribution in [2.75, 3.05) is 0 Å². The van der Waals surface area contributed by atoms with Crippen LogP contribution >= 0.6 is 0 Å². The number of aromatic nitrogens is 3. The molecule has 0 atom stereocenters. The maximum absolute atomic E-state index is 12.1. The first kappa shape index (κ1) is 15.9. The monoisotopic (exact) mass is 321 g/mol. The van der Waals surface area contributed by atoms with Crippen molar-refractivity contribution in [2.24, 2.45) is 5.10 Å². The van der Waals surface area contributed by atoms with Gasteiger partial charge in [0.05, 0.1) is 5.52 Å². The van der Waals surface area contributed by atoms with E-state index < -0.39 is 0 Å². The predicted octanol–water partition coefficient (Wildman–Crippen LogP) is 2.56. The van der Waals surface area contributed by atoms with Crippen LogP contribution in [0.1, 0.15) is 18.9 Å². The maximum atomic E-state index is 12.1. The molecule has 0 saturated carbocycles. The van der Waals surface area contributed by atoms with Gasteiger partial charge in [0, 0.05) is 12.1 Å². The van der Waals surface area contributed by atoms with Crippen LogP contribution in [0.15, 0.2) is 59.7 Å². The lowest BCUT2D eigenvalue weighted by atomic mass is 10.1. The molecule has 24 heavy (non-hydrogen) atoms. The molecule has 122 valence electrons. The van der Waals surface area contributed by atoms with Crippen LogP contribution in [0, 0.1) is 0 Å². The molecule has 0 bridgehead atoms. The third kappa shape index (κ3) is 3.84. The van der Waals surface area contributed by atoms with Gasteiger partial charge < -0.3 is 0 Å². The Bertz CT molecular complexity index is 854. The molecule has 3 aromatic rings. The predicted molar refractivity (Wildman–Crippen MR) is 93.5 cm³/mol. The minimum atomic E-state index is -0.218. The smallest absolute Gasteiger partial charge is 0.261 e. The van der Waals surface area contributed by atoms with Gasteiger partial charge in [0.15, 0.2) is 0 Å². The van der Waals surface area contributed by atoms with Crippen molar-refractivity contribution in [3.8, 4) is 0 Å². The lowest BCUT2D eigenvalue weighted by Gasteiger charge is -2.06. The summed E-state index contributed by atoms with van der Waals surface area (Å²) < 4.78 is 1.57. The van der Waals surface area contributed by atoms with E-state index in [1.165, 1.54) is 5.56 Å². The molecule has 0 saturated heterocycles. The van der Waals surface area contributed by atoms with Gasteiger partial charge in [-0.15, -0.1) is 5.10 Å². The molecule has 1 aromatic heterocycles. The number of hydrogen-bond acceptors (Lipinski definition) is 4. The third-order valence-electron chi connectivity index (χ3n) is 3.71. The number of hydrogen-bond donors (Lipinski definition) is 1. The fourth-order valence-corrected chi connectivity index (χ4v) is 2.42. The van der Waals surface area contributed by atoms with E-state index in [0.29, 0.717) is 0 Å². The molecular formula is C18H19N5O. The quantitative estimate of drug-likeness (QED) is 0.560. The summed E-state index contributed by atoms with van der Waals surface area (Å²) in [6.45, 7) is 2.12. The van der Waals surface area contributed by atoms with Gasteiger partial charge in [-0.1, -0.05) is 54.6 Å². The lowest BCUT2D eigenvalue weighted by Crippen LogP contribution is -2.25. The lowest BCUT2D eigenvalue weighted by molar-refractivity contribution is -0.121. The molecule has 1 N–H and O–H groups in total. The highest BCUT2D eigenvalue weighted by Crippen LogP contribution is 2.09. The van der Waals surface area contributed by atoms with Crippen LogP contribution in [0.25, 0.3) is 11.0 Å². The van der Waals surface area contributed by atoms with Crippen molar-refractivity contribution < 1.29 is 4.79 Å². The number of nitrogens with zero attached hydrogens (tertiary/aromatic N) is 4. The summed E-state index contributed by atoms with van der Waals surface area (Å²) in [6.07, 6.45) is 1.51. The van der Waals surface area contributed by atoms with Crippen molar-refractivity contribution in [3.63, 3.8) is 0 Å². The van der Waals surface area contributed by atoms with Crippen molar-refractivity contribution >= 4 is 22.7 Å². The first-order chi connectivity index (χ1) is 11.8. The van der Waals surface area contributed by atoms with E-state index in [1.54, 1.807) is 4.68 Å². The van der Waals surface area contributed by atoms with Crippen LogP contribution in [-0.4, -0.2) is 26.6 Å². The number of hydrazone groups is 1. The van der Waals surface area contributed by atoms with E-state index in [9.17, 15) is 4.79 Å². The van der Waals surface area contributed by atoms with E-state index in [0.717, 1.165) is 29.6 Å². The summed E-state index contributed by atoms with van der Waals surface area (Å²) in [7, 11) is 0. The summed E-state index contributed by atoms with van der Waals surface area (Å²) >= 11 is 0. The normalized spacial score (nSPS) is 11.6. The molecule has 1 heterocycles. The Hall–Kier alpha value is -3.02. The second kappa shape index (κ2) is 7.50. The molecule has 6 heteroatoms. The molecule has 0 radical (unpaired) electrons. The summed E-state index contributed by atoms with van der Waals surface area (Å²) in [5.41, 5.74) is 6.32. The Labute approximate surface area is 140 Å². The van der Waals surface area contributed by atoms with Gasteiger partial charge in [-0.25, -0.2) is 10.1 Å². The first-order valence-corrected chi connectivity index (χ1v) is 7.92. The SMILES string of the molecule is CC/C(Cc1ccccc1)=N/NC(=O)Cn1nnc2ccccc21. The molecule has 0 unspecified atom stereocenters. The summed E-state index contributed by atoms with van der Waals surface area (Å²) in [6, 6.07) is 17.6. The van der Waals surface area contributed by atoms with Crippen LogP contribution < -0.4 is 5.43 Å². The van der Waals surface area contributed by atoms with Gasteiger partial charge in [0.2, 0.25) is 0 Å². The van der Waals surface area contributed by atoms with Gasteiger partial charge in [-0.2, -0.15) is 5.10 Å². The second-order valence-corrected chi connectivity index (χ2v) is 5.46. The Morgan fingerprint density at radius 2 is 1.88 bits per heavy atom. The van der Waals surface area contributed by atoms with Crippen LogP contribution in [0.3, 0.4) is 0 Å². The topological polar surface area (TPSA) is 72.2 Å². The minimum absolute atomic E-state index is 0.0896. The van der Waals surface area contributed by atoms with Crippen molar-refractivity contribution in [1.29, 1.82) is 0 Å². The zero-order chi connectivity index (χ0) is 16.8. The number of benzene rings is 2. The highest BCUT2D eigenvalue weighted by molar-refractivity contribution is 5.88. The largest absolute Gasteiger partial charge is 0.271 e. The Kier molecular flexibility index (Phi) is 4.96. The number of carbonyl (C=O) groups excluding carboxylic acids is 1. The van der Waals surface area contributed by atoms with E-state index in [-0.39, 0.29) is 12.5 Å². The number of carbonyl (C=O) groups is 1. The summed E-state index contributed by atoms with van der Waals surface area (Å²) in [5, 5.41) is 12.3. The van der Waals surface area contributed by atoms with Gasteiger partial charge in [0.1, 0.15) is 12.1 Å². The zero-order valence-corrected chi connectivity index (χ0v) is 13.5. The molecular weight excluding hydrogens is 302 g/mol. The maximum Gasteiger partial charge on any atom is 0.261 e. The highest BCUT2D eigenvalue weighted by atomic mass is 16.2. The van der Waals surface area contributed by atoms with Gasteiger partial charge in [-0.05, 0) is 24.1 Å². The average molecular weight is 321 g/mol. The van der Waals surface area contributed by atoms with Crippen molar-refractivity contribution in [3.05, 3.63) is 60.2 Å². The molecule has 0 spiro atoms. The van der Waals surface area contributed by atoms with Gasteiger partial charge in [-0.3, -0.25) is 4.79 Å². The van der Waals surface area contributed by atoms with E-state index in [2.05, 4.69) is 33.0 Å². The van der Waals surface area contributed by atoms with E-state index in [1.807, 2.05) is 49.4 Å². The summed E-state index contributed by atoms with van der Waals surface area (Å²) in [5.74, 6) is -0.218. The number of fused-ring (bicyclic) bond motifs is 1. The Morgan fingerprint density at radius 3 is 2.67 bits per heavy atom. The third-order valence-corrected chi connectivity index (χ3v) is 3.71. The number of para-hydroxylation sites is 1. The van der Waals surface area contributed by atoms with E-state index >= 15 is 0 Å². The fraction of sp³-hybridized carbons (Fsp3) is 0.222. The molecule has 0 fully saturated rings. The molecule has 6 nitrogen and oxygen atoms in total. The van der Waals surface area contributed by atoms with Gasteiger partial charge >= 0.3 is 0 Å². The molecule has 0 aliphatic heterocycles. The number of rotatable bonds is 6. The molecule has 2 aromatic carbocycles. The van der Waals surface area contributed by atoms with Crippen LogP contribution in [0.5, 0.6) is 0 Å². The number of nitrogens with one attached hydrogen (secondary N) is 1. The van der Waals surface area contributed by atoms with Crippen molar-refractivity contribution in [2.45, 2.75) is 26.3 Å². The molecule has 0 aliphatic rings. The molecule has 3 rings (SSSR count). The highest BCUT2D eigenvalue weighted by Gasteiger charge is 2.08. The summed E-state index contributed by atoms with van der Waals surface area (Å²) in [4.78, 5) is 12.1. The zero-order valence-electron chi connectivity index (χ0n) is 13.5.